The standard InChI is InChI=1S/C17H15BrN2/c1-20(2)15-9-7-13(8-10-15)11-14(12-19)16-5-3-4-6-17(16)18/h3-11H,1-2H3/b14-11+. The molecule has 100 valence electrons. The monoisotopic (exact) mass is 326 g/mol. The van der Waals surface area contributed by atoms with Gasteiger partial charge in [-0.2, -0.15) is 5.26 Å². The fourth-order valence-electron chi connectivity index (χ4n) is 1.89. The van der Waals surface area contributed by atoms with Crippen LogP contribution in [0.15, 0.2) is 53.0 Å². The largest absolute Gasteiger partial charge is 0.378 e. The van der Waals surface area contributed by atoms with Crippen molar-refractivity contribution < 1.29 is 0 Å². The minimum atomic E-state index is 0.648. The summed E-state index contributed by atoms with van der Waals surface area (Å²) >= 11 is 3.48. The summed E-state index contributed by atoms with van der Waals surface area (Å²) in [5.41, 5.74) is 3.71. The van der Waals surface area contributed by atoms with Gasteiger partial charge < -0.3 is 4.90 Å². The molecule has 0 radical (unpaired) electrons. The Bertz CT molecular complexity index is 664. The predicted molar refractivity (Wildman–Crippen MR) is 88.4 cm³/mol. The highest BCUT2D eigenvalue weighted by Gasteiger charge is 2.05. The summed E-state index contributed by atoms with van der Waals surface area (Å²) in [5.74, 6) is 0. The fourth-order valence-corrected chi connectivity index (χ4v) is 2.38. The molecule has 0 aliphatic carbocycles. The van der Waals surface area contributed by atoms with Crippen molar-refractivity contribution in [1.82, 2.24) is 0 Å². The molecule has 0 aliphatic rings. The van der Waals surface area contributed by atoms with Gasteiger partial charge in [-0.3, -0.25) is 0 Å². The molecule has 0 aromatic heterocycles. The molecular weight excluding hydrogens is 312 g/mol. The smallest absolute Gasteiger partial charge is 0.0998 e. The normalized spacial score (nSPS) is 11.0. The molecule has 2 aromatic rings. The van der Waals surface area contributed by atoms with Crippen molar-refractivity contribution in [3.63, 3.8) is 0 Å². The van der Waals surface area contributed by atoms with Crippen molar-refractivity contribution in [2.75, 3.05) is 19.0 Å². The summed E-state index contributed by atoms with van der Waals surface area (Å²) in [7, 11) is 4.01. The Hall–Kier alpha value is -2.05. The molecule has 0 amide bonds. The second kappa shape index (κ2) is 6.40. The Kier molecular flexibility index (Phi) is 4.60. The van der Waals surface area contributed by atoms with Gasteiger partial charge in [0.05, 0.1) is 11.6 Å². The number of benzene rings is 2. The van der Waals surface area contributed by atoms with E-state index in [2.05, 4.69) is 22.0 Å². The van der Waals surface area contributed by atoms with Gasteiger partial charge in [0, 0.05) is 29.8 Å². The van der Waals surface area contributed by atoms with Crippen molar-refractivity contribution >= 4 is 33.3 Å². The average Bonchev–Trinajstić information content (AvgIpc) is 2.46. The second-order valence-corrected chi connectivity index (χ2v) is 5.49. The van der Waals surface area contributed by atoms with E-state index < -0.39 is 0 Å². The first-order valence-corrected chi connectivity index (χ1v) is 7.05. The lowest BCUT2D eigenvalue weighted by Crippen LogP contribution is -2.07. The molecule has 20 heavy (non-hydrogen) atoms. The molecule has 0 atom stereocenters. The number of allylic oxidation sites excluding steroid dienone is 1. The first-order valence-electron chi connectivity index (χ1n) is 6.26. The van der Waals surface area contributed by atoms with Gasteiger partial charge in [0.2, 0.25) is 0 Å². The third-order valence-corrected chi connectivity index (χ3v) is 3.70. The van der Waals surface area contributed by atoms with Crippen LogP contribution in [0.25, 0.3) is 11.6 Å². The lowest BCUT2D eigenvalue weighted by molar-refractivity contribution is 1.13. The Morgan fingerprint density at radius 3 is 2.30 bits per heavy atom. The van der Waals surface area contributed by atoms with Gasteiger partial charge in [-0.1, -0.05) is 46.3 Å². The number of hydrogen-bond acceptors (Lipinski definition) is 2. The Balaban J connectivity index is 2.37. The molecule has 0 bridgehead atoms. The summed E-state index contributed by atoms with van der Waals surface area (Å²) in [6.07, 6.45) is 1.90. The Labute approximate surface area is 128 Å². The second-order valence-electron chi connectivity index (χ2n) is 4.64. The highest BCUT2D eigenvalue weighted by atomic mass is 79.9. The predicted octanol–water partition coefficient (Wildman–Crippen LogP) is 4.58. The molecule has 0 N–H and O–H groups in total. The van der Waals surface area contributed by atoms with Gasteiger partial charge >= 0.3 is 0 Å². The van der Waals surface area contributed by atoms with Gasteiger partial charge in [-0.15, -0.1) is 0 Å². The van der Waals surface area contributed by atoms with Crippen molar-refractivity contribution in [3.8, 4) is 6.07 Å². The number of hydrogen-bond donors (Lipinski definition) is 0. The lowest BCUT2D eigenvalue weighted by Gasteiger charge is -2.12. The highest BCUT2D eigenvalue weighted by Crippen LogP contribution is 2.26. The van der Waals surface area contributed by atoms with E-state index in [1.807, 2.05) is 73.6 Å². The van der Waals surface area contributed by atoms with E-state index in [9.17, 15) is 5.26 Å². The minimum Gasteiger partial charge on any atom is -0.378 e. The molecule has 2 nitrogen and oxygen atoms in total. The number of halogens is 1. The molecule has 2 aromatic carbocycles. The van der Waals surface area contributed by atoms with Crippen LogP contribution in [-0.4, -0.2) is 14.1 Å². The molecule has 0 saturated heterocycles. The van der Waals surface area contributed by atoms with Crippen LogP contribution in [0.4, 0.5) is 5.69 Å². The van der Waals surface area contributed by atoms with Crippen molar-refractivity contribution in [1.29, 1.82) is 5.26 Å². The molecule has 0 heterocycles. The maximum Gasteiger partial charge on any atom is 0.0998 e. The lowest BCUT2D eigenvalue weighted by atomic mass is 10.0. The summed E-state index contributed by atoms with van der Waals surface area (Å²) in [6, 6.07) is 18.1. The van der Waals surface area contributed by atoms with Crippen molar-refractivity contribution in [2.45, 2.75) is 0 Å². The maximum atomic E-state index is 9.36. The van der Waals surface area contributed by atoms with E-state index in [1.54, 1.807) is 0 Å². The van der Waals surface area contributed by atoms with Crippen LogP contribution in [-0.2, 0) is 0 Å². The Morgan fingerprint density at radius 2 is 1.75 bits per heavy atom. The van der Waals surface area contributed by atoms with Crippen LogP contribution in [0.5, 0.6) is 0 Å². The molecule has 0 spiro atoms. The number of nitriles is 1. The van der Waals surface area contributed by atoms with E-state index in [0.717, 1.165) is 21.3 Å². The van der Waals surface area contributed by atoms with E-state index >= 15 is 0 Å². The number of rotatable bonds is 3. The zero-order valence-corrected chi connectivity index (χ0v) is 13.1. The van der Waals surface area contributed by atoms with Crippen molar-refractivity contribution in [2.24, 2.45) is 0 Å². The molecule has 0 aliphatic heterocycles. The zero-order chi connectivity index (χ0) is 14.5. The van der Waals surface area contributed by atoms with E-state index in [1.165, 1.54) is 0 Å². The number of nitrogens with zero attached hydrogens (tertiary/aromatic N) is 2. The van der Waals surface area contributed by atoms with Gasteiger partial charge in [0.25, 0.3) is 0 Å². The van der Waals surface area contributed by atoms with Gasteiger partial charge in [0.15, 0.2) is 0 Å². The SMILES string of the molecule is CN(C)c1ccc(/C=C(\C#N)c2ccccc2Br)cc1. The fraction of sp³-hybridized carbons (Fsp3) is 0.118. The van der Waals surface area contributed by atoms with Crippen LogP contribution in [0.1, 0.15) is 11.1 Å². The highest BCUT2D eigenvalue weighted by molar-refractivity contribution is 9.10. The zero-order valence-electron chi connectivity index (χ0n) is 11.5. The summed E-state index contributed by atoms with van der Waals surface area (Å²) in [4.78, 5) is 2.05. The van der Waals surface area contributed by atoms with Crippen LogP contribution in [0.2, 0.25) is 0 Å². The summed E-state index contributed by atoms with van der Waals surface area (Å²) < 4.78 is 0.928. The van der Waals surface area contributed by atoms with Crippen LogP contribution >= 0.6 is 15.9 Å². The van der Waals surface area contributed by atoms with Gasteiger partial charge in [0.1, 0.15) is 0 Å². The molecule has 0 saturated carbocycles. The summed E-state index contributed by atoms with van der Waals surface area (Å²) in [5, 5.41) is 9.36. The number of anilines is 1. The molecule has 0 fully saturated rings. The molecule has 0 unspecified atom stereocenters. The third-order valence-electron chi connectivity index (χ3n) is 3.00. The third kappa shape index (κ3) is 3.28. The van der Waals surface area contributed by atoms with E-state index in [0.29, 0.717) is 5.57 Å². The van der Waals surface area contributed by atoms with E-state index in [-0.39, 0.29) is 0 Å². The van der Waals surface area contributed by atoms with Crippen molar-refractivity contribution in [3.05, 3.63) is 64.1 Å². The van der Waals surface area contributed by atoms with E-state index in [4.69, 9.17) is 0 Å². The summed E-state index contributed by atoms with van der Waals surface area (Å²) in [6.45, 7) is 0. The van der Waals surface area contributed by atoms with Crippen LogP contribution < -0.4 is 4.90 Å². The quantitative estimate of drug-likeness (QED) is 0.609. The molecule has 3 heteroatoms. The maximum absolute atomic E-state index is 9.36. The van der Waals surface area contributed by atoms with Gasteiger partial charge in [-0.25, -0.2) is 0 Å². The molecular formula is C17H15BrN2. The van der Waals surface area contributed by atoms with Crippen LogP contribution in [0, 0.1) is 11.3 Å². The molecule has 2 rings (SSSR count). The van der Waals surface area contributed by atoms with Crippen LogP contribution in [0.3, 0.4) is 0 Å². The topological polar surface area (TPSA) is 27.0 Å². The first kappa shape index (κ1) is 14.4. The average molecular weight is 327 g/mol. The minimum absolute atomic E-state index is 0.648. The van der Waals surface area contributed by atoms with Gasteiger partial charge in [-0.05, 0) is 29.8 Å². The first-order chi connectivity index (χ1) is 9.61. The Morgan fingerprint density at radius 1 is 1.10 bits per heavy atom.